The monoisotopic (exact) mass is 319 g/mol. The molecule has 1 aliphatic heterocycles. The molecule has 1 fully saturated rings. The fourth-order valence-corrected chi connectivity index (χ4v) is 5.44. The molecule has 126 valence electrons. The number of hydrogen-bond acceptors (Lipinski definition) is 3. The van der Waals surface area contributed by atoms with E-state index < -0.39 is 15.7 Å². The second kappa shape index (κ2) is 8.46. The van der Waals surface area contributed by atoms with Gasteiger partial charge in [-0.3, -0.25) is 0 Å². The molecular weight excluding hydrogens is 286 g/mol. The Labute approximate surface area is 131 Å². The lowest BCUT2D eigenvalue weighted by Crippen LogP contribution is -2.59. The number of hydrogen-bond donors (Lipinski definition) is 1. The molecule has 0 amide bonds. The first-order chi connectivity index (χ1) is 9.98. The van der Waals surface area contributed by atoms with Crippen molar-refractivity contribution in [3.63, 3.8) is 0 Å². The summed E-state index contributed by atoms with van der Waals surface area (Å²) >= 11 is 0. The Hall–Kier alpha value is -0.170. The minimum atomic E-state index is -3.42. The van der Waals surface area contributed by atoms with Gasteiger partial charge in [-0.05, 0) is 32.1 Å². The van der Waals surface area contributed by atoms with Crippen LogP contribution in [0.15, 0.2) is 0 Å². The van der Waals surface area contributed by atoms with Gasteiger partial charge in [-0.1, -0.05) is 33.6 Å². The van der Waals surface area contributed by atoms with E-state index in [1.54, 1.807) is 8.61 Å². The highest BCUT2D eigenvalue weighted by Crippen LogP contribution is 2.29. The van der Waals surface area contributed by atoms with Gasteiger partial charge in [0.05, 0.1) is 0 Å². The third-order valence-electron chi connectivity index (χ3n) is 4.82. The Morgan fingerprint density at radius 3 is 1.95 bits per heavy atom. The van der Waals surface area contributed by atoms with E-state index in [1.165, 1.54) is 0 Å². The van der Waals surface area contributed by atoms with Crippen LogP contribution in [-0.4, -0.2) is 48.7 Å². The Kier molecular flexibility index (Phi) is 7.60. The van der Waals surface area contributed by atoms with Gasteiger partial charge in [-0.25, -0.2) is 0 Å². The second-order valence-corrected chi connectivity index (χ2v) is 7.88. The molecule has 1 aliphatic rings. The van der Waals surface area contributed by atoms with Gasteiger partial charge in [0.1, 0.15) is 0 Å². The maximum atomic E-state index is 13.1. The molecule has 0 aliphatic carbocycles. The lowest BCUT2D eigenvalue weighted by molar-refractivity contribution is 0.165. The first kappa shape index (κ1) is 18.9. The van der Waals surface area contributed by atoms with E-state index in [2.05, 4.69) is 0 Å². The van der Waals surface area contributed by atoms with Crippen molar-refractivity contribution in [3.05, 3.63) is 0 Å². The molecule has 0 aromatic heterocycles. The summed E-state index contributed by atoms with van der Waals surface area (Å²) < 4.78 is 29.7. The SMILES string of the molecule is CCCN(C(CC)(CC)CN)S(=O)(=O)N1CCCCCC1. The highest BCUT2D eigenvalue weighted by Gasteiger charge is 2.42. The van der Waals surface area contributed by atoms with Gasteiger partial charge in [0.15, 0.2) is 0 Å². The predicted octanol–water partition coefficient (Wildman–Crippen LogP) is 2.34. The molecule has 6 heteroatoms. The lowest BCUT2D eigenvalue weighted by atomic mass is 9.93. The molecule has 1 heterocycles. The fraction of sp³-hybridized carbons (Fsp3) is 1.00. The average Bonchev–Trinajstić information content (AvgIpc) is 2.78. The summed E-state index contributed by atoms with van der Waals surface area (Å²) in [4.78, 5) is 0. The third kappa shape index (κ3) is 4.18. The van der Waals surface area contributed by atoms with Crippen LogP contribution in [0.3, 0.4) is 0 Å². The van der Waals surface area contributed by atoms with E-state index >= 15 is 0 Å². The molecule has 0 spiro atoms. The molecule has 0 aromatic rings. The van der Waals surface area contributed by atoms with E-state index in [4.69, 9.17) is 5.73 Å². The Morgan fingerprint density at radius 1 is 1.05 bits per heavy atom. The maximum absolute atomic E-state index is 13.1. The third-order valence-corrected chi connectivity index (χ3v) is 6.97. The molecule has 0 unspecified atom stereocenters. The topological polar surface area (TPSA) is 66.6 Å². The molecule has 1 saturated heterocycles. The minimum Gasteiger partial charge on any atom is -0.329 e. The van der Waals surface area contributed by atoms with E-state index in [0.29, 0.717) is 26.2 Å². The van der Waals surface area contributed by atoms with Crippen LogP contribution in [-0.2, 0) is 10.2 Å². The molecule has 5 nitrogen and oxygen atoms in total. The van der Waals surface area contributed by atoms with Crippen LogP contribution >= 0.6 is 0 Å². The standard InChI is InChI=1S/C15H33N3O2S/c1-4-11-18(15(5-2,6-3)14-16)21(19,20)17-12-9-7-8-10-13-17/h4-14,16H2,1-3H3. The van der Waals surface area contributed by atoms with Crippen LogP contribution in [0.25, 0.3) is 0 Å². The number of nitrogens with two attached hydrogens (primary N) is 1. The summed E-state index contributed by atoms with van der Waals surface area (Å²) in [6.45, 7) is 8.34. The van der Waals surface area contributed by atoms with Crippen LogP contribution in [0.1, 0.15) is 65.7 Å². The van der Waals surface area contributed by atoms with Gasteiger partial charge < -0.3 is 5.73 Å². The molecule has 0 saturated carbocycles. The Bertz CT molecular complexity index is 377. The van der Waals surface area contributed by atoms with Crippen LogP contribution in [0.2, 0.25) is 0 Å². The van der Waals surface area contributed by atoms with Gasteiger partial charge in [-0.15, -0.1) is 0 Å². The molecule has 0 aromatic carbocycles. The van der Waals surface area contributed by atoms with E-state index in [9.17, 15) is 8.42 Å². The van der Waals surface area contributed by atoms with Crippen molar-refractivity contribution >= 4 is 10.2 Å². The predicted molar refractivity (Wildman–Crippen MR) is 88.3 cm³/mol. The summed E-state index contributed by atoms with van der Waals surface area (Å²) in [6.07, 6.45) is 6.52. The van der Waals surface area contributed by atoms with Crippen molar-refractivity contribution in [2.75, 3.05) is 26.2 Å². The first-order valence-corrected chi connectivity index (χ1v) is 9.86. The second-order valence-electron chi connectivity index (χ2n) is 6.03. The summed E-state index contributed by atoms with van der Waals surface area (Å²) in [5, 5.41) is 0. The van der Waals surface area contributed by atoms with E-state index in [0.717, 1.165) is 44.9 Å². The van der Waals surface area contributed by atoms with Crippen molar-refractivity contribution in [3.8, 4) is 0 Å². The fourth-order valence-electron chi connectivity index (χ4n) is 3.21. The minimum absolute atomic E-state index is 0.382. The van der Waals surface area contributed by atoms with Crippen LogP contribution in [0.4, 0.5) is 0 Å². The van der Waals surface area contributed by atoms with Crippen molar-refractivity contribution in [2.24, 2.45) is 5.73 Å². The smallest absolute Gasteiger partial charge is 0.282 e. The zero-order chi connectivity index (χ0) is 15.9. The van der Waals surface area contributed by atoms with Gasteiger partial charge in [0.2, 0.25) is 0 Å². The zero-order valence-electron chi connectivity index (χ0n) is 14.0. The number of nitrogens with zero attached hydrogens (tertiary/aromatic N) is 2. The van der Waals surface area contributed by atoms with Gasteiger partial charge >= 0.3 is 0 Å². The quantitative estimate of drug-likeness (QED) is 0.746. The molecule has 0 atom stereocenters. The maximum Gasteiger partial charge on any atom is 0.282 e. The van der Waals surface area contributed by atoms with E-state index in [-0.39, 0.29) is 0 Å². The summed E-state index contributed by atoms with van der Waals surface area (Å²) in [6, 6.07) is 0. The highest BCUT2D eigenvalue weighted by atomic mass is 32.2. The summed E-state index contributed by atoms with van der Waals surface area (Å²) in [5.74, 6) is 0. The van der Waals surface area contributed by atoms with Crippen LogP contribution in [0, 0.1) is 0 Å². The van der Waals surface area contributed by atoms with E-state index in [1.807, 2.05) is 20.8 Å². The van der Waals surface area contributed by atoms with Crippen molar-refractivity contribution < 1.29 is 8.42 Å². The van der Waals surface area contributed by atoms with Gasteiger partial charge in [0, 0.05) is 31.7 Å². The average molecular weight is 320 g/mol. The molecule has 2 N–H and O–H groups in total. The van der Waals surface area contributed by atoms with Gasteiger partial charge in [0.25, 0.3) is 10.2 Å². The zero-order valence-corrected chi connectivity index (χ0v) is 14.8. The van der Waals surface area contributed by atoms with Crippen molar-refractivity contribution in [1.82, 2.24) is 8.61 Å². The number of rotatable bonds is 8. The molecule has 0 bridgehead atoms. The van der Waals surface area contributed by atoms with Gasteiger partial charge in [-0.2, -0.15) is 17.0 Å². The highest BCUT2D eigenvalue weighted by molar-refractivity contribution is 7.86. The molecule has 0 radical (unpaired) electrons. The largest absolute Gasteiger partial charge is 0.329 e. The first-order valence-electron chi connectivity index (χ1n) is 8.46. The lowest BCUT2D eigenvalue weighted by Gasteiger charge is -2.43. The van der Waals surface area contributed by atoms with Crippen molar-refractivity contribution in [1.29, 1.82) is 0 Å². The Balaban J connectivity index is 3.11. The summed E-state index contributed by atoms with van der Waals surface area (Å²) in [7, 11) is -3.42. The van der Waals surface area contributed by atoms with Crippen molar-refractivity contribution in [2.45, 2.75) is 71.3 Å². The summed E-state index contributed by atoms with van der Waals surface area (Å²) in [5.41, 5.74) is 5.55. The Morgan fingerprint density at radius 2 is 1.57 bits per heavy atom. The molecular formula is C15H33N3O2S. The van der Waals surface area contributed by atoms with Crippen LogP contribution in [0.5, 0.6) is 0 Å². The molecule has 1 rings (SSSR count). The normalized spacial score (nSPS) is 18.9. The van der Waals surface area contributed by atoms with Crippen LogP contribution < -0.4 is 5.73 Å². The molecule has 21 heavy (non-hydrogen) atoms.